The van der Waals surface area contributed by atoms with E-state index in [9.17, 15) is 4.79 Å². The van der Waals surface area contributed by atoms with E-state index in [1.165, 1.54) is 0 Å². The number of amides is 1. The minimum atomic E-state index is -0.317. The monoisotopic (exact) mass is 274 g/mol. The van der Waals surface area contributed by atoms with Gasteiger partial charge in [-0.25, -0.2) is 0 Å². The minimum Gasteiger partial charge on any atom is -0.399 e. The standard InChI is InChI=1S/C14H18N4O2/c1-3-16-14(19)13-17-12(20-18-13)8-9(2)10-4-6-11(15)7-5-10/h4-7,9H,3,8,15H2,1-2H3,(H,16,19). The smallest absolute Gasteiger partial charge is 0.292 e. The molecule has 106 valence electrons. The van der Waals surface area contributed by atoms with Gasteiger partial charge in [-0.15, -0.1) is 0 Å². The Morgan fingerprint density at radius 2 is 2.10 bits per heavy atom. The number of carbonyl (C=O) groups is 1. The summed E-state index contributed by atoms with van der Waals surface area (Å²) in [5.41, 5.74) is 7.53. The molecular weight excluding hydrogens is 256 g/mol. The maximum Gasteiger partial charge on any atom is 0.292 e. The molecular formula is C14H18N4O2. The number of rotatable bonds is 5. The number of nitrogens with one attached hydrogen (secondary N) is 1. The van der Waals surface area contributed by atoms with Crippen LogP contribution < -0.4 is 11.1 Å². The Labute approximate surface area is 117 Å². The number of anilines is 1. The third-order valence-corrected chi connectivity index (χ3v) is 2.99. The molecule has 2 aromatic rings. The summed E-state index contributed by atoms with van der Waals surface area (Å²) < 4.78 is 5.10. The molecule has 0 spiro atoms. The normalized spacial score (nSPS) is 12.1. The highest BCUT2D eigenvalue weighted by atomic mass is 16.5. The quantitative estimate of drug-likeness (QED) is 0.810. The molecule has 2 rings (SSSR count). The highest BCUT2D eigenvalue weighted by Crippen LogP contribution is 2.20. The molecule has 0 aliphatic heterocycles. The highest BCUT2D eigenvalue weighted by molar-refractivity contribution is 5.90. The van der Waals surface area contributed by atoms with Gasteiger partial charge in [-0.1, -0.05) is 24.2 Å². The molecule has 1 unspecified atom stereocenters. The van der Waals surface area contributed by atoms with Crippen molar-refractivity contribution in [2.75, 3.05) is 12.3 Å². The first-order valence-corrected chi connectivity index (χ1v) is 6.56. The van der Waals surface area contributed by atoms with Gasteiger partial charge in [0.15, 0.2) is 0 Å². The van der Waals surface area contributed by atoms with Gasteiger partial charge in [0.2, 0.25) is 5.89 Å². The van der Waals surface area contributed by atoms with E-state index in [1.54, 1.807) is 0 Å². The molecule has 0 saturated heterocycles. The average molecular weight is 274 g/mol. The summed E-state index contributed by atoms with van der Waals surface area (Å²) in [5.74, 6) is 0.419. The zero-order valence-corrected chi connectivity index (χ0v) is 11.6. The summed E-state index contributed by atoms with van der Waals surface area (Å²) in [6.07, 6.45) is 0.580. The Morgan fingerprint density at radius 1 is 1.40 bits per heavy atom. The lowest BCUT2D eigenvalue weighted by atomic mass is 9.98. The van der Waals surface area contributed by atoms with Gasteiger partial charge >= 0.3 is 0 Å². The van der Waals surface area contributed by atoms with E-state index in [2.05, 4.69) is 22.4 Å². The average Bonchev–Trinajstić information content (AvgIpc) is 2.88. The van der Waals surface area contributed by atoms with Crippen molar-refractivity contribution < 1.29 is 9.32 Å². The molecule has 0 aliphatic rings. The van der Waals surface area contributed by atoms with Crippen LogP contribution in [-0.4, -0.2) is 22.6 Å². The van der Waals surface area contributed by atoms with Gasteiger partial charge in [-0.2, -0.15) is 4.98 Å². The molecule has 1 amide bonds. The maximum absolute atomic E-state index is 11.5. The van der Waals surface area contributed by atoms with E-state index in [1.807, 2.05) is 31.2 Å². The van der Waals surface area contributed by atoms with E-state index < -0.39 is 0 Å². The number of hydrogen-bond donors (Lipinski definition) is 2. The molecule has 6 heteroatoms. The second kappa shape index (κ2) is 6.18. The van der Waals surface area contributed by atoms with Crippen LogP contribution in [0, 0.1) is 0 Å². The fourth-order valence-corrected chi connectivity index (χ4v) is 1.87. The Balaban J connectivity index is 2.03. The molecule has 0 saturated carbocycles. The number of nitrogens with two attached hydrogens (primary N) is 1. The number of nitrogens with zero attached hydrogens (tertiary/aromatic N) is 2. The second-order valence-corrected chi connectivity index (χ2v) is 4.64. The first kappa shape index (κ1) is 14.0. The number of nitrogen functional groups attached to an aromatic ring is 1. The summed E-state index contributed by atoms with van der Waals surface area (Å²) in [5, 5.41) is 6.31. The van der Waals surface area contributed by atoms with Gasteiger partial charge in [0.1, 0.15) is 0 Å². The number of hydrogen-bond acceptors (Lipinski definition) is 5. The van der Waals surface area contributed by atoms with Crippen LogP contribution in [0.3, 0.4) is 0 Å². The van der Waals surface area contributed by atoms with Crippen molar-refractivity contribution in [1.29, 1.82) is 0 Å². The number of aromatic nitrogens is 2. The largest absolute Gasteiger partial charge is 0.399 e. The number of benzene rings is 1. The summed E-state index contributed by atoms with van der Waals surface area (Å²) in [6.45, 7) is 4.42. The van der Waals surface area contributed by atoms with Crippen molar-refractivity contribution in [3.05, 3.63) is 41.5 Å². The van der Waals surface area contributed by atoms with E-state index in [-0.39, 0.29) is 17.6 Å². The lowest BCUT2D eigenvalue weighted by Gasteiger charge is -2.08. The van der Waals surface area contributed by atoms with Crippen molar-refractivity contribution in [2.45, 2.75) is 26.2 Å². The number of carbonyl (C=O) groups excluding carboxylic acids is 1. The fraction of sp³-hybridized carbons (Fsp3) is 0.357. The molecule has 1 atom stereocenters. The van der Waals surface area contributed by atoms with Crippen LogP contribution in [0.5, 0.6) is 0 Å². The topological polar surface area (TPSA) is 94.0 Å². The molecule has 6 nitrogen and oxygen atoms in total. The van der Waals surface area contributed by atoms with Crippen LogP contribution in [0.4, 0.5) is 5.69 Å². The van der Waals surface area contributed by atoms with Gasteiger partial charge in [-0.05, 0) is 30.5 Å². The molecule has 3 N–H and O–H groups in total. The lowest BCUT2D eigenvalue weighted by molar-refractivity contribution is 0.0942. The zero-order chi connectivity index (χ0) is 14.5. The maximum atomic E-state index is 11.5. The fourth-order valence-electron chi connectivity index (χ4n) is 1.87. The van der Waals surface area contributed by atoms with Crippen LogP contribution in [-0.2, 0) is 6.42 Å². The van der Waals surface area contributed by atoms with Gasteiger partial charge < -0.3 is 15.6 Å². The lowest BCUT2D eigenvalue weighted by Crippen LogP contribution is -2.23. The van der Waals surface area contributed by atoms with E-state index in [4.69, 9.17) is 10.3 Å². The summed E-state index contributed by atoms with van der Waals surface area (Å²) in [7, 11) is 0. The predicted molar refractivity (Wildman–Crippen MR) is 75.3 cm³/mol. The molecule has 0 fully saturated rings. The van der Waals surface area contributed by atoms with Crippen LogP contribution in [0.25, 0.3) is 0 Å². The van der Waals surface area contributed by atoms with Crippen LogP contribution in [0.2, 0.25) is 0 Å². The zero-order valence-electron chi connectivity index (χ0n) is 11.6. The van der Waals surface area contributed by atoms with Crippen LogP contribution in [0.15, 0.2) is 28.8 Å². The SMILES string of the molecule is CCNC(=O)c1noc(CC(C)c2ccc(N)cc2)n1. The molecule has 1 aromatic heterocycles. The van der Waals surface area contributed by atoms with Gasteiger partial charge in [0, 0.05) is 18.7 Å². The van der Waals surface area contributed by atoms with E-state index in [0.29, 0.717) is 18.9 Å². The summed E-state index contributed by atoms with van der Waals surface area (Å²) in [6, 6.07) is 7.67. The Kier molecular flexibility index (Phi) is 4.34. The predicted octanol–water partition coefficient (Wildman–Crippen LogP) is 1.75. The molecule has 0 radical (unpaired) electrons. The van der Waals surface area contributed by atoms with Crippen molar-refractivity contribution in [1.82, 2.24) is 15.5 Å². The molecule has 1 aromatic carbocycles. The van der Waals surface area contributed by atoms with Gasteiger partial charge in [0.25, 0.3) is 11.7 Å². The van der Waals surface area contributed by atoms with Crippen molar-refractivity contribution >= 4 is 11.6 Å². The van der Waals surface area contributed by atoms with E-state index >= 15 is 0 Å². The molecule has 0 bridgehead atoms. The Morgan fingerprint density at radius 3 is 2.75 bits per heavy atom. The summed E-state index contributed by atoms with van der Waals surface area (Å²) in [4.78, 5) is 15.6. The third-order valence-electron chi connectivity index (χ3n) is 2.99. The molecule has 0 aliphatic carbocycles. The second-order valence-electron chi connectivity index (χ2n) is 4.64. The van der Waals surface area contributed by atoms with Gasteiger partial charge in [0.05, 0.1) is 0 Å². The molecule has 1 heterocycles. The van der Waals surface area contributed by atoms with Gasteiger partial charge in [-0.3, -0.25) is 4.79 Å². The third kappa shape index (κ3) is 3.34. The Bertz CT molecular complexity index is 577. The first-order chi connectivity index (χ1) is 9.60. The van der Waals surface area contributed by atoms with Crippen LogP contribution in [0.1, 0.15) is 41.8 Å². The highest BCUT2D eigenvalue weighted by Gasteiger charge is 2.16. The van der Waals surface area contributed by atoms with E-state index in [0.717, 1.165) is 11.3 Å². The van der Waals surface area contributed by atoms with Crippen molar-refractivity contribution in [2.24, 2.45) is 0 Å². The molecule has 20 heavy (non-hydrogen) atoms. The van der Waals surface area contributed by atoms with Crippen molar-refractivity contribution in [3.63, 3.8) is 0 Å². The Hall–Kier alpha value is -2.37. The first-order valence-electron chi connectivity index (χ1n) is 6.56. The minimum absolute atomic E-state index is 0.0753. The van der Waals surface area contributed by atoms with Crippen LogP contribution >= 0.6 is 0 Å². The van der Waals surface area contributed by atoms with Crippen molar-refractivity contribution in [3.8, 4) is 0 Å². The summed E-state index contributed by atoms with van der Waals surface area (Å²) >= 11 is 0.